The lowest BCUT2D eigenvalue weighted by molar-refractivity contribution is -0.120. The van der Waals surface area contributed by atoms with E-state index in [0.717, 1.165) is 37.2 Å². The van der Waals surface area contributed by atoms with E-state index in [-0.39, 0.29) is 11.8 Å². The van der Waals surface area contributed by atoms with E-state index in [2.05, 4.69) is 11.8 Å². The number of likely N-dealkylation sites (tertiary alicyclic amines) is 1. The molecule has 2 aliphatic rings. The molecule has 0 aromatic heterocycles. The summed E-state index contributed by atoms with van der Waals surface area (Å²) in [6.45, 7) is 3.81. The van der Waals surface area contributed by atoms with E-state index in [1.807, 2.05) is 42.5 Å². The van der Waals surface area contributed by atoms with Crippen molar-refractivity contribution in [1.29, 1.82) is 0 Å². The zero-order valence-corrected chi connectivity index (χ0v) is 16.2. The standard InChI is InChI=1S/C23H24N2O3/c1-16-12-14-24(15-13-16)21-20(17-8-10-19(28-2)11-9-17)22(26)25(23(21)27)18-6-4-3-5-7-18/h3-11,16H,12-15H2,1-2H3. The molecule has 0 bridgehead atoms. The maximum atomic E-state index is 13.4. The lowest BCUT2D eigenvalue weighted by atomic mass is 9.97. The SMILES string of the molecule is COc1ccc(C2=C(N3CCC(C)CC3)C(=O)N(c3ccccc3)C2=O)cc1. The van der Waals surface area contributed by atoms with Crippen molar-refractivity contribution >= 4 is 23.1 Å². The fourth-order valence-electron chi connectivity index (χ4n) is 3.87. The molecule has 0 aliphatic carbocycles. The summed E-state index contributed by atoms with van der Waals surface area (Å²) < 4.78 is 5.24. The van der Waals surface area contributed by atoms with E-state index >= 15 is 0 Å². The van der Waals surface area contributed by atoms with Gasteiger partial charge in [0.25, 0.3) is 11.8 Å². The number of piperidine rings is 1. The minimum absolute atomic E-state index is 0.239. The van der Waals surface area contributed by atoms with Gasteiger partial charge in [0.2, 0.25) is 0 Å². The fourth-order valence-corrected chi connectivity index (χ4v) is 3.87. The molecule has 0 radical (unpaired) electrons. The van der Waals surface area contributed by atoms with Crippen LogP contribution in [0, 0.1) is 5.92 Å². The van der Waals surface area contributed by atoms with Crippen molar-refractivity contribution in [3.05, 3.63) is 65.9 Å². The number of nitrogens with zero attached hydrogens (tertiary/aromatic N) is 2. The van der Waals surface area contributed by atoms with Gasteiger partial charge in [-0.2, -0.15) is 0 Å². The summed E-state index contributed by atoms with van der Waals surface area (Å²) in [4.78, 5) is 30.1. The predicted molar refractivity (Wildman–Crippen MR) is 109 cm³/mol. The number of carbonyl (C=O) groups excluding carboxylic acids is 2. The number of imide groups is 1. The molecule has 1 fully saturated rings. The maximum Gasteiger partial charge on any atom is 0.282 e. The molecule has 0 spiro atoms. The first-order valence-electron chi connectivity index (χ1n) is 9.67. The second kappa shape index (κ2) is 7.50. The molecule has 2 aromatic rings. The molecule has 2 heterocycles. The molecule has 2 amide bonds. The Labute approximate surface area is 165 Å². The number of rotatable bonds is 4. The van der Waals surface area contributed by atoms with E-state index in [1.165, 1.54) is 4.90 Å². The van der Waals surface area contributed by atoms with Crippen molar-refractivity contribution in [3.8, 4) is 5.75 Å². The van der Waals surface area contributed by atoms with Crippen molar-refractivity contribution in [1.82, 2.24) is 4.90 Å². The van der Waals surface area contributed by atoms with Gasteiger partial charge in [-0.3, -0.25) is 9.59 Å². The average Bonchev–Trinajstić information content (AvgIpc) is 2.99. The molecule has 5 nitrogen and oxygen atoms in total. The van der Waals surface area contributed by atoms with Crippen molar-refractivity contribution in [3.63, 3.8) is 0 Å². The van der Waals surface area contributed by atoms with Gasteiger partial charge >= 0.3 is 0 Å². The van der Waals surface area contributed by atoms with Crippen molar-refractivity contribution in [2.75, 3.05) is 25.1 Å². The molecule has 144 valence electrons. The number of hydrogen-bond donors (Lipinski definition) is 0. The number of ether oxygens (including phenoxy) is 1. The summed E-state index contributed by atoms with van der Waals surface area (Å²) in [5.41, 5.74) is 2.34. The quantitative estimate of drug-likeness (QED) is 0.764. The highest BCUT2D eigenvalue weighted by Crippen LogP contribution is 2.36. The number of benzene rings is 2. The molecule has 4 rings (SSSR count). The Hall–Kier alpha value is -3.08. The van der Waals surface area contributed by atoms with Gasteiger partial charge in [0, 0.05) is 13.1 Å². The Morgan fingerprint density at radius 3 is 2.14 bits per heavy atom. The number of hydrogen-bond acceptors (Lipinski definition) is 4. The summed E-state index contributed by atoms with van der Waals surface area (Å²) in [6, 6.07) is 16.5. The van der Waals surface area contributed by atoms with Crippen molar-refractivity contribution in [2.24, 2.45) is 5.92 Å². The monoisotopic (exact) mass is 376 g/mol. The highest BCUT2D eigenvalue weighted by Gasteiger charge is 2.42. The molecule has 0 saturated carbocycles. The second-order valence-corrected chi connectivity index (χ2v) is 7.40. The van der Waals surface area contributed by atoms with Crippen LogP contribution in [0.15, 0.2) is 60.3 Å². The normalized spacial score (nSPS) is 18.2. The Bertz CT molecular complexity index is 911. The minimum Gasteiger partial charge on any atom is -0.497 e. The Morgan fingerprint density at radius 2 is 1.54 bits per heavy atom. The topological polar surface area (TPSA) is 49.9 Å². The highest BCUT2D eigenvalue weighted by molar-refractivity contribution is 6.45. The van der Waals surface area contributed by atoms with Gasteiger partial charge < -0.3 is 9.64 Å². The third-order valence-corrected chi connectivity index (χ3v) is 5.55. The average molecular weight is 376 g/mol. The molecule has 1 saturated heterocycles. The highest BCUT2D eigenvalue weighted by atomic mass is 16.5. The summed E-state index contributed by atoms with van der Waals surface area (Å²) in [5.74, 6) is 0.847. The molecule has 0 N–H and O–H groups in total. The third-order valence-electron chi connectivity index (χ3n) is 5.55. The summed E-state index contributed by atoms with van der Waals surface area (Å²) >= 11 is 0. The van der Waals surface area contributed by atoms with Crippen LogP contribution < -0.4 is 9.64 Å². The van der Waals surface area contributed by atoms with E-state index in [0.29, 0.717) is 22.9 Å². The van der Waals surface area contributed by atoms with Crippen molar-refractivity contribution in [2.45, 2.75) is 19.8 Å². The van der Waals surface area contributed by atoms with Gasteiger partial charge in [0.05, 0.1) is 18.4 Å². The molecule has 0 unspecified atom stereocenters. The Kier molecular flexibility index (Phi) is 4.90. The van der Waals surface area contributed by atoms with Crippen LogP contribution in [0.2, 0.25) is 0 Å². The van der Waals surface area contributed by atoms with E-state index in [1.54, 1.807) is 19.2 Å². The van der Waals surface area contributed by atoms with E-state index < -0.39 is 0 Å². The van der Waals surface area contributed by atoms with Gasteiger partial charge in [-0.15, -0.1) is 0 Å². The first-order valence-corrected chi connectivity index (χ1v) is 9.67. The zero-order chi connectivity index (χ0) is 19.7. The molecular weight excluding hydrogens is 352 g/mol. The van der Waals surface area contributed by atoms with Crippen LogP contribution >= 0.6 is 0 Å². The van der Waals surface area contributed by atoms with Gasteiger partial charge in [0.1, 0.15) is 11.4 Å². The first kappa shape index (κ1) is 18.3. The Morgan fingerprint density at radius 1 is 0.893 bits per heavy atom. The summed E-state index contributed by atoms with van der Waals surface area (Å²) in [5, 5.41) is 0. The van der Waals surface area contributed by atoms with Crippen molar-refractivity contribution < 1.29 is 14.3 Å². The van der Waals surface area contributed by atoms with Crippen LogP contribution in [0.5, 0.6) is 5.75 Å². The summed E-state index contributed by atoms with van der Waals surface area (Å²) in [7, 11) is 1.61. The number of amides is 2. The van der Waals surface area contributed by atoms with Crippen LogP contribution in [0.4, 0.5) is 5.69 Å². The van der Waals surface area contributed by atoms with Gasteiger partial charge in [-0.05, 0) is 48.6 Å². The number of para-hydroxylation sites is 1. The van der Waals surface area contributed by atoms with Gasteiger partial charge in [-0.25, -0.2) is 4.90 Å². The lowest BCUT2D eigenvalue weighted by Crippen LogP contribution is -2.38. The molecule has 2 aliphatic heterocycles. The molecule has 0 atom stereocenters. The number of carbonyl (C=O) groups is 2. The van der Waals surface area contributed by atoms with Crippen LogP contribution in [0.3, 0.4) is 0 Å². The van der Waals surface area contributed by atoms with E-state index in [4.69, 9.17) is 4.74 Å². The van der Waals surface area contributed by atoms with Crippen LogP contribution in [0.25, 0.3) is 5.57 Å². The number of methoxy groups -OCH3 is 1. The summed E-state index contributed by atoms with van der Waals surface area (Å²) in [6.07, 6.45) is 2.04. The van der Waals surface area contributed by atoms with Crippen LogP contribution in [-0.2, 0) is 9.59 Å². The third kappa shape index (κ3) is 3.17. The zero-order valence-electron chi connectivity index (χ0n) is 16.2. The smallest absolute Gasteiger partial charge is 0.282 e. The lowest BCUT2D eigenvalue weighted by Gasteiger charge is -2.32. The predicted octanol–water partition coefficient (Wildman–Crippen LogP) is 3.71. The molecule has 5 heteroatoms. The second-order valence-electron chi connectivity index (χ2n) is 7.40. The van der Waals surface area contributed by atoms with E-state index in [9.17, 15) is 9.59 Å². The minimum atomic E-state index is -0.269. The molecule has 28 heavy (non-hydrogen) atoms. The molecule has 2 aromatic carbocycles. The van der Waals surface area contributed by atoms with Gasteiger partial charge in [-0.1, -0.05) is 37.3 Å². The number of anilines is 1. The largest absolute Gasteiger partial charge is 0.497 e. The Balaban J connectivity index is 1.79. The van der Waals surface area contributed by atoms with Gasteiger partial charge in [0.15, 0.2) is 0 Å². The fraction of sp³-hybridized carbons (Fsp3) is 0.304. The van der Waals surface area contributed by atoms with Crippen LogP contribution in [0.1, 0.15) is 25.3 Å². The maximum absolute atomic E-state index is 13.4. The van der Waals surface area contributed by atoms with Crippen LogP contribution in [-0.4, -0.2) is 36.9 Å². The molecular formula is C23H24N2O3. The first-order chi connectivity index (χ1) is 13.6.